The molecule has 0 aromatic carbocycles. The molecule has 0 saturated heterocycles. The summed E-state index contributed by atoms with van der Waals surface area (Å²) < 4.78 is 0. The Morgan fingerprint density at radius 1 is 1.59 bits per heavy atom. The second kappa shape index (κ2) is 5.77. The predicted molar refractivity (Wildman–Crippen MR) is 61.5 cm³/mol. The Morgan fingerprint density at radius 3 is 3.18 bits per heavy atom. The molecule has 6 nitrogen and oxygen atoms in total. The highest BCUT2D eigenvalue weighted by Crippen LogP contribution is 2.24. The number of carbonyl (C=O) groups is 1. The SMILES string of the molecule is O=C(O)C1CCCC(NCCc2ncn[nH]2)C1. The van der Waals surface area contributed by atoms with Crippen molar-refractivity contribution in [3.63, 3.8) is 0 Å². The molecule has 6 heteroatoms. The van der Waals surface area contributed by atoms with Crippen molar-refractivity contribution < 1.29 is 9.90 Å². The summed E-state index contributed by atoms with van der Waals surface area (Å²) in [7, 11) is 0. The molecular formula is C11H18N4O2. The third-order valence-corrected chi connectivity index (χ3v) is 3.28. The monoisotopic (exact) mass is 238 g/mol. The minimum Gasteiger partial charge on any atom is -0.481 e. The first-order valence-electron chi connectivity index (χ1n) is 6.06. The molecule has 1 aromatic heterocycles. The van der Waals surface area contributed by atoms with Gasteiger partial charge in [0.1, 0.15) is 12.2 Å². The average Bonchev–Trinajstić information content (AvgIpc) is 2.82. The number of aromatic nitrogens is 3. The molecule has 17 heavy (non-hydrogen) atoms. The van der Waals surface area contributed by atoms with E-state index in [9.17, 15) is 4.79 Å². The van der Waals surface area contributed by atoms with Crippen LogP contribution in [0.5, 0.6) is 0 Å². The standard InChI is InChI=1S/C11H18N4O2/c16-11(17)8-2-1-3-9(6-8)12-5-4-10-13-7-14-15-10/h7-9,12H,1-6H2,(H,16,17)(H,13,14,15). The Bertz CT molecular complexity index is 352. The summed E-state index contributed by atoms with van der Waals surface area (Å²) in [6.45, 7) is 0.812. The molecule has 1 aromatic rings. The van der Waals surface area contributed by atoms with Gasteiger partial charge >= 0.3 is 5.97 Å². The lowest BCUT2D eigenvalue weighted by Gasteiger charge is -2.27. The molecule has 0 spiro atoms. The van der Waals surface area contributed by atoms with Crippen LogP contribution in [-0.2, 0) is 11.2 Å². The van der Waals surface area contributed by atoms with Crippen LogP contribution in [0.25, 0.3) is 0 Å². The third-order valence-electron chi connectivity index (χ3n) is 3.28. The molecule has 0 aliphatic heterocycles. The molecule has 1 fully saturated rings. The summed E-state index contributed by atoms with van der Waals surface area (Å²) in [5.74, 6) is 0.0290. The maximum atomic E-state index is 10.9. The normalized spacial score (nSPS) is 24.7. The van der Waals surface area contributed by atoms with Gasteiger partial charge in [0.15, 0.2) is 0 Å². The Balaban J connectivity index is 1.70. The van der Waals surface area contributed by atoms with E-state index >= 15 is 0 Å². The second-order valence-electron chi connectivity index (χ2n) is 4.53. The smallest absolute Gasteiger partial charge is 0.306 e. The number of aromatic amines is 1. The lowest BCUT2D eigenvalue weighted by atomic mass is 9.86. The Morgan fingerprint density at radius 2 is 2.47 bits per heavy atom. The van der Waals surface area contributed by atoms with Crippen molar-refractivity contribution in [2.24, 2.45) is 5.92 Å². The highest BCUT2D eigenvalue weighted by atomic mass is 16.4. The van der Waals surface area contributed by atoms with Gasteiger partial charge in [0.2, 0.25) is 0 Å². The number of carboxylic acids is 1. The van der Waals surface area contributed by atoms with E-state index < -0.39 is 5.97 Å². The molecule has 3 N–H and O–H groups in total. The van der Waals surface area contributed by atoms with E-state index in [4.69, 9.17) is 5.11 Å². The number of aliphatic carboxylic acids is 1. The Kier molecular flexibility index (Phi) is 4.08. The number of rotatable bonds is 5. The number of nitrogens with one attached hydrogen (secondary N) is 2. The first kappa shape index (κ1) is 12.0. The van der Waals surface area contributed by atoms with Gasteiger partial charge in [-0.25, -0.2) is 4.98 Å². The molecular weight excluding hydrogens is 220 g/mol. The fourth-order valence-corrected chi connectivity index (χ4v) is 2.35. The van der Waals surface area contributed by atoms with Crippen LogP contribution in [0.2, 0.25) is 0 Å². The highest BCUT2D eigenvalue weighted by molar-refractivity contribution is 5.70. The zero-order valence-electron chi connectivity index (χ0n) is 9.72. The number of H-pyrrole nitrogens is 1. The van der Waals surface area contributed by atoms with Crippen LogP contribution in [0.3, 0.4) is 0 Å². The van der Waals surface area contributed by atoms with Crippen LogP contribution >= 0.6 is 0 Å². The summed E-state index contributed by atoms with van der Waals surface area (Å²) in [6, 6.07) is 0.327. The molecule has 1 aliphatic carbocycles. The third kappa shape index (κ3) is 3.52. The van der Waals surface area contributed by atoms with Crippen molar-refractivity contribution in [1.29, 1.82) is 0 Å². The second-order valence-corrected chi connectivity index (χ2v) is 4.53. The topological polar surface area (TPSA) is 90.9 Å². The minimum atomic E-state index is -0.660. The molecule has 2 rings (SSSR count). The highest BCUT2D eigenvalue weighted by Gasteiger charge is 2.26. The molecule has 0 bridgehead atoms. The van der Waals surface area contributed by atoms with Crippen molar-refractivity contribution >= 4 is 5.97 Å². The maximum Gasteiger partial charge on any atom is 0.306 e. The van der Waals surface area contributed by atoms with Crippen molar-refractivity contribution in [3.8, 4) is 0 Å². The molecule has 0 amide bonds. The lowest BCUT2D eigenvalue weighted by Crippen LogP contribution is -2.37. The van der Waals surface area contributed by atoms with Crippen molar-refractivity contribution in [2.45, 2.75) is 38.1 Å². The molecule has 1 saturated carbocycles. The molecule has 0 radical (unpaired) electrons. The van der Waals surface area contributed by atoms with Crippen molar-refractivity contribution in [3.05, 3.63) is 12.2 Å². The van der Waals surface area contributed by atoms with Gasteiger partial charge in [-0.1, -0.05) is 6.42 Å². The quantitative estimate of drug-likeness (QED) is 0.698. The van der Waals surface area contributed by atoms with E-state index in [1.807, 2.05) is 0 Å². The molecule has 94 valence electrons. The van der Waals surface area contributed by atoms with Crippen LogP contribution in [0, 0.1) is 5.92 Å². The van der Waals surface area contributed by atoms with Crippen LogP contribution in [-0.4, -0.2) is 38.8 Å². The van der Waals surface area contributed by atoms with Crippen LogP contribution in [0.1, 0.15) is 31.5 Å². The number of hydrogen-bond acceptors (Lipinski definition) is 4. The van der Waals surface area contributed by atoms with Gasteiger partial charge in [0.05, 0.1) is 5.92 Å². The van der Waals surface area contributed by atoms with Gasteiger partial charge in [-0.3, -0.25) is 9.89 Å². The lowest BCUT2D eigenvalue weighted by molar-refractivity contribution is -0.143. The van der Waals surface area contributed by atoms with Gasteiger partial charge < -0.3 is 10.4 Å². The van der Waals surface area contributed by atoms with Gasteiger partial charge in [-0.2, -0.15) is 5.10 Å². The summed E-state index contributed by atoms with van der Waals surface area (Å²) in [4.78, 5) is 15.0. The van der Waals surface area contributed by atoms with Crippen LogP contribution in [0.15, 0.2) is 6.33 Å². The van der Waals surface area contributed by atoms with Crippen molar-refractivity contribution in [1.82, 2.24) is 20.5 Å². The summed E-state index contributed by atoms with van der Waals surface area (Å²) >= 11 is 0. The maximum absolute atomic E-state index is 10.9. The van der Waals surface area contributed by atoms with E-state index in [-0.39, 0.29) is 5.92 Å². The molecule has 2 unspecified atom stereocenters. The van der Waals surface area contributed by atoms with Gasteiger partial charge in [0.25, 0.3) is 0 Å². The summed E-state index contributed by atoms with van der Waals surface area (Å²) in [5, 5.41) is 19.0. The first-order valence-corrected chi connectivity index (χ1v) is 6.06. The Labute approximate surface area is 99.8 Å². The molecule has 1 heterocycles. The van der Waals surface area contributed by atoms with E-state index in [1.54, 1.807) is 0 Å². The van der Waals surface area contributed by atoms with E-state index in [2.05, 4.69) is 20.5 Å². The van der Waals surface area contributed by atoms with Gasteiger partial charge in [0, 0.05) is 19.0 Å². The van der Waals surface area contributed by atoms with Gasteiger partial charge in [-0.15, -0.1) is 0 Å². The zero-order valence-corrected chi connectivity index (χ0v) is 9.72. The fourth-order valence-electron chi connectivity index (χ4n) is 2.35. The first-order chi connectivity index (χ1) is 8.25. The Hall–Kier alpha value is -1.43. The predicted octanol–water partition coefficient (Wildman–Crippen LogP) is 0.580. The minimum absolute atomic E-state index is 0.175. The average molecular weight is 238 g/mol. The van der Waals surface area contributed by atoms with Gasteiger partial charge in [-0.05, 0) is 19.3 Å². The number of carboxylic acid groups (broad SMARTS) is 1. The number of hydrogen-bond donors (Lipinski definition) is 3. The zero-order chi connectivity index (χ0) is 12.1. The van der Waals surface area contributed by atoms with Crippen LogP contribution < -0.4 is 5.32 Å². The summed E-state index contributed by atoms with van der Waals surface area (Å²) in [6.07, 6.45) is 5.92. The van der Waals surface area contributed by atoms with E-state index in [0.29, 0.717) is 6.04 Å². The largest absolute Gasteiger partial charge is 0.481 e. The van der Waals surface area contributed by atoms with Crippen molar-refractivity contribution in [2.75, 3.05) is 6.54 Å². The van der Waals surface area contributed by atoms with Crippen LogP contribution in [0.4, 0.5) is 0 Å². The molecule has 1 aliphatic rings. The summed E-state index contributed by atoms with van der Waals surface area (Å²) in [5.41, 5.74) is 0. The fraction of sp³-hybridized carbons (Fsp3) is 0.727. The van der Waals surface area contributed by atoms with E-state index in [1.165, 1.54) is 6.33 Å². The number of nitrogens with zero attached hydrogens (tertiary/aromatic N) is 2. The molecule has 2 atom stereocenters. The van der Waals surface area contributed by atoms with E-state index in [0.717, 1.165) is 44.5 Å².